The molecule has 0 unspecified atom stereocenters. The third-order valence-electron chi connectivity index (χ3n) is 1.83. The molecule has 1 heterocycles. The topological polar surface area (TPSA) is 61.3 Å². The fourth-order valence-corrected chi connectivity index (χ4v) is 1.85. The SMILES string of the molecule is COc1ccc(N)c(Sc2ncco2)c1. The van der Waals surface area contributed by atoms with Gasteiger partial charge >= 0.3 is 0 Å². The van der Waals surface area contributed by atoms with Crippen molar-refractivity contribution in [3.63, 3.8) is 0 Å². The molecule has 5 heteroatoms. The molecule has 0 aliphatic carbocycles. The summed E-state index contributed by atoms with van der Waals surface area (Å²) >= 11 is 1.37. The Morgan fingerprint density at radius 2 is 2.33 bits per heavy atom. The van der Waals surface area contributed by atoms with Gasteiger partial charge in [0.1, 0.15) is 12.0 Å². The standard InChI is InChI=1S/C10H10N2O2S/c1-13-7-2-3-8(11)9(6-7)15-10-12-4-5-14-10/h2-6H,11H2,1H3. The number of benzene rings is 1. The first-order chi connectivity index (χ1) is 7.29. The fourth-order valence-electron chi connectivity index (χ4n) is 1.08. The van der Waals surface area contributed by atoms with E-state index >= 15 is 0 Å². The fraction of sp³-hybridized carbons (Fsp3) is 0.100. The number of anilines is 1. The molecule has 1 aromatic heterocycles. The number of oxazole rings is 1. The number of nitrogens with zero attached hydrogens (tertiary/aromatic N) is 1. The molecule has 0 bridgehead atoms. The molecule has 4 nitrogen and oxygen atoms in total. The molecule has 0 radical (unpaired) electrons. The van der Waals surface area contributed by atoms with Gasteiger partial charge in [-0.05, 0) is 30.0 Å². The Hall–Kier alpha value is -1.62. The minimum Gasteiger partial charge on any atom is -0.497 e. The summed E-state index contributed by atoms with van der Waals surface area (Å²) in [5, 5.41) is 0.565. The summed E-state index contributed by atoms with van der Waals surface area (Å²) in [4.78, 5) is 4.88. The van der Waals surface area contributed by atoms with Gasteiger partial charge in [0, 0.05) is 10.6 Å². The Labute approximate surface area is 91.4 Å². The van der Waals surface area contributed by atoms with Gasteiger partial charge in [-0.3, -0.25) is 0 Å². The third-order valence-corrected chi connectivity index (χ3v) is 2.78. The monoisotopic (exact) mass is 222 g/mol. The molecular weight excluding hydrogens is 212 g/mol. The Morgan fingerprint density at radius 3 is 3.00 bits per heavy atom. The average molecular weight is 222 g/mol. The summed E-state index contributed by atoms with van der Waals surface area (Å²) in [7, 11) is 1.62. The second-order valence-corrected chi connectivity index (χ2v) is 3.80. The lowest BCUT2D eigenvalue weighted by molar-refractivity contribution is 0.413. The first-order valence-corrected chi connectivity index (χ1v) is 5.12. The van der Waals surface area contributed by atoms with Gasteiger partial charge in [-0.1, -0.05) is 0 Å². The van der Waals surface area contributed by atoms with Gasteiger partial charge in [0.05, 0.1) is 13.3 Å². The predicted octanol–water partition coefficient (Wildman–Crippen LogP) is 2.42. The molecule has 0 spiro atoms. The van der Waals surface area contributed by atoms with Crippen molar-refractivity contribution in [2.75, 3.05) is 12.8 Å². The molecule has 0 aliphatic heterocycles. The van der Waals surface area contributed by atoms with Crippen molar-refractivity contribution in [3.05, 3.63) is 30.7 Å². The summed E-state index contributed by atoms with van der Waals surface area (Å²) < 4.78 is 10.2. The largest absolute Gasteiger partial charge is 0.497 e. The third kappa shape index (κ3) is 2.24. The van der Waals surface area contributed by atoms with Crippen LogP contribution in [-0.2, 0) is 0 Å². The van der Waals surface area contributed by atoms with Gasteiger partial charge in [-0.2, -0.15) is 0 Å². The lowest BCUT2D eigenvalue weighted by Crippen LogP contribution is -1.90. The molecule has 2 rings (SSSR count). The highest BCUT2D eigenvalue weighted by atomic mass is 32.2. The molecule has 0 saturated carbocycles. The van der Waals surface area contributed by atoms with Crippen molar-refractivity contribution < 1.29 is 9.15 Å². The van der Waals surface area contributed by atoms with E-state index in [2.05, 4.69) is 4.98 Å². The lowest BCUT2D eigenvalue weighted by atomic mass is 10.3. The smallest absolute Gasteiger partial charge is 0.260 e. The Kier molecular flexibility index (Phi) is 2.82. The Morgan fingerprint density at radius 1 is 1.47 bits per heavy atom. The maximum atomic E-state index is 5.81. The second kappa shape index (κ2) is 4.27. The average Bonchev–Trinajstić information content (AvgIpc) is 2.74. The predicted molar refractivity (Wildman–Crippen MR) is 58.0 cm³/mol. The van der Waals surface area contributed by atoms with Gasteiger partial charge in [0.15, 0.2) is 0 Å². The van der Waals surface area contributed by atoms with E-state index in [9.17, 15) is 0 Å². The molecule has 15 heavy (non-hydrogen) atoms. The molecule has 0 aliphatic rings. The van der Waals surface area contributed by atoms with Crippen LogP contribution < -0.4 is 10.5 Å². The van der Waals surface area contributed by atoms with E-state index in [-0.39, 0.29) is 0 Å². The number of nitrogens with two attached hydrogens (primary N) is 1. The highest BCUT2D eigenvalue weighted by molar-refractivity contribution is 7.99. The summed E-state index contributed by atoms with van der Waals surface area (Å²) in [6, 6.07) is 5.46. The zero-order valence-electron chi connectivity index (χ0n) is 8.14. The molecule has 1 aromatic carbocycles. The minimum absolute atomic E-state index is 0.565. The van der Waals surface area contributed by atoms with Crippen LogP contribution in [0, 0.1) is 0 Å². The number of methoxy groups -OCH3 is 1. The highest BCUT2D eigenvalue weighted by Crippen LogP contribution is 2.33. The van der Waals surface area contributed by atoms with E-state index in [0.29, 0.717) is 10.9 Å². The molecule has 0 amide bonds. The van der Waals surface area contributed by atoms with Crippen molar-refractivity contribution in [1.82, 2.24) is 4.98 Å². The molecule has 78 valence electrons. The maximum absolute atomic E-state index is 5.81. The van der Waals surface area contributed by atoms with Gasteiger partial charge in [0.25, 0.3) is 5.22 Å². The minimum atomic E-state index is 0.565. The van der Waals surface area contributed by atoms with Crippen LogP contribution in [0.25, 0.3) is 0 Å². The first kappa shape index (κ1) is 9.92. The first-order valence-electron chi connectivity index (χ1n) is 4.30. The Balaban J connectivity index is 2.27. The molecule has 2 N–H and O–H groups in total. The number of hydrogen-bond donors (Lipinski definition) is 1. The van der Waals surface area contributed by atoms with E-state index in [0.717, 1.165) is 10.6 Å². The quantitative estimate of drug-likeness (QED) is 0.808. The maximum Gasteiger partial charge on any atom is 0.260 e. The van der Waals surface area contributed by atoms with Crippen molar-refractivity contribution in [2.45, 2.75) is 10.1 Å². The van der Waals surface area contributed by atoms with Crippen molar-refractivity contribution in [3.8, 4) is 5.75 Å². The summed E-state index contributed by atoms with van der Waals surface area (Å²) in [5.41, 5.74) is 6.49. The van der Waals surface area contributed by atoms with Crippen molar-refractivity contribution >= 4 is 17.4 Å². The van der Waals surface area contributed by atoms with E-state index in [1.54, 1.807) is 19.4 Å². The Bertz CT molecular complexity index is 443. The van der Waals surface area contributed by atoms with Crippen LogP contribution in [-0.4, -0.2) is 12.1 Å². The zero-order valence-corrected chi connectivity index (χ0v) is 8.95. The van der Waals surface area contributed by atoms with E-state index in [1.165, 1.54) is 18.0 Å². The highest BCUT2D eigenvalue weighted by Gasteiger charge is 2.06. The van der Waals surface area contributed by atoms with Crippen LogP contribution in [0.1, 0.15) is 0 Å². The van der Waals surface area contributed by atoms with Gasteiger partial charge < -0.3 is 14.9 Å². The van der Waals surface area contributed by atoms with Crippen LogP contribution in [0.5, 0.6) is 5.75 Å². The summed E-state index contributed by atoms with van der Waals surface area (Å²) in [5.74, 6) is 0.762. The summed E-state index contributed by atoms with van der Waals surface area (Å²) in [6.07, 6.45) is 3.12. The number of aromatic nitrogens is 1. The van der Waals surface area contributed by atoms with Crippen LogP contribution in [0.15, 0.2) is 45.2 Å². The van der Waals surface area contributed by atoms with Gasteiger partial charge in [0.2, 0.25) is 0 Å². The van der Waals surface area contributed by atoms with E-state index in [1.807, 2.05) is 12.1 Å². The van der Waals surface area contributed by atoms with Crippen LogP contribution in [0.4, 0.5) is 5.69 Å². The van der Waals surface area contributed by atoms with Crippen LogP contribution in [0.2, 0.25) is 0 Å². The molecule has 2 aromatic rings. The van der Waals surface area contributed by atoms with Gasteiger partial charge in [-0.25, -0.2) is 4.98 Å². The van der Waals surface area contributed by atoms with Crippen LogP contribution >= 0.6 is 11.8 Å². The normalized spacial score (nSPS) is 10.2. The van der Waals surface area contributed by atoms with Crippen molar-refractivity contribution in [1.29, 1.82) is 0 Å². The molecule has 0 atom stereocenters. The number of nitrogen functional groups attached to an aromatic ring is 1. The molecule has 0 saturated heterocycles. The zero-order chi connectivity index (χ0) is 10.7. The second-order valence-electron chi connectivity index (χ2n) is 2.80. The van der Waals surface area contributed by atoms with Gasteiger partial charge in [-0.15, -0.1) is 0 Å². The van der Waals surface area contributed by atoms with Crippen molar-refractivity contribution in [2.24, 2.45) is 0 Å². The number of ether oxygens (including phenoxy) is 1. The molecular formula is C10H10N2O2S. The number of hydrogen-bond acceptors (Lipinski definition) is 5. The lowest BCUT2D eigenvalue weighted by Gasteiger charge is -2.05. The number of rotatable bonds is 3. The van der Waals surface area contributed by atoms with E-state index < -0.39 is 0 Å². The van der Waals surface area contributed by atoms with Crippen LogP contribution in [0.3, 0.4) is 0 Å². The molecule has 0 fully saturated rings. The summed E-state index contributed by atoms with van der Waals surface area (Å²) in [6.45, 7) is 0. The van der Waals surface area contributed by atoms with E-state index in [4.69, 9.17) is 14.9 Å².